The van der Waals surface area contributed by atoms with Gasteiger partial charge in [-0.15, -0.1) is 0 Å². The molecule has 9 nitrogen and oxygen atoms in total. The van der Waals surface area contributed by atoms with Crippen LogP contribution in [0.1, 0.15) is 16.7 Å². The van der Waals surface area contributed by atoms with Crippen molar-refractivity contribution in [2.45, 2.75) is 6.42 Å². The van der Waals surface area contributed by atoms with Crippen LogP contribution < -0.4 is 14.2 Å². The second kappa shape index (κ2) is 13.8. The number of esters is 2. The van der Waals surface area contributed by atoms with E-state index in [0.29, 0.717) is 34.1 Å². The predicted octanol–water partition coefficient (Wildman–Crippen LogP) is 4.63. The second-order valence-electron chi connectivity index (χ2n) is 8.98. The molecule has 0 radical (unpaired) electrons. The summed E-state index contributed by atoms with van der Waals surface area (Å²) in [7, 11) is 8.99. The van der Waals surface area contributed by atoms with Crippen LogP contribution in [0.2, 0.25) is 0 Å². The zero-order valence-corrected chi connectivity index (χ0v) is 23.4. The van der Waals surface area contributed by atoms with Crippen molar-refractivity contribution in [3.8, 4) is 23.0 Å². The fourth-order valence-electron chi connectivity index (χ4n) is 3.90. The Morgan fingerprint density at radius 3 is 1.68 bits per heavy atom. The fraction of sp³-hybridized carbons (Fsp3) is 0.258. The lowest BCUT2D eigenvalue weighted by Crippen LogP contribution is -2.28. The van der Waals surface area contributed by atoms with Crippen LogP contribution in [0.3, 0.4) is 0 Å². The van der Waals surface area contributed by atoms with Gasteiger partial charge in [0.25, 0.3) is 5.91 Å². The van der Waals surface area contributed by atoms with Crippen LogP contribution in [0.4, 0.5) is 0 Å². The second-order valence-corrected chi connectivity index (χ2v) is 8.98. The summed E-state index contributed by atoms with van der Waals surface area (Å²) in [5.41, 5.74) is 2.69. The molecule has 0 aliphatic carbocycles. The van der Waals surface area contributed by atoms with Gasteiger partial charge in [0, 0.05) is 25.7 Å². The minimum absolute atomic E-state index is 0.141. The van der Waals surface area contributed by atoms with Gasteiger partial charge in [-0.05, 0) is 65.6 Å². The highest BCUT2D eigenvalue weighted by Gasteiger charge is 2.28. The van der Waals surface area contributed by atoms with E-state index >= 15 is 0 Å². The van der Waals surface area contributed by atoms with Gasteiger partial charge in [-0.1, -0.05) is 24.3 Å². The van der Waals surface area contributed by atoms with Gasteiger partial charge < -0.3 is 28.6 Å². The van der Waals surface area contributed by atoms with Gasteiger partial charge >= 0.3 is 11.9 Å². The summed E-state index contributed by atoms with van der Waals surface area (Å²) < 4.78 is 26.1. The lowest BCUT2D eigenvalue weighted by Gasteiger charge is -2.15. The van der Waals surface area contributed by atoms with E-state index < -0.39 is 17.9 Å². The highest BCUT2D eigenvalue weighted by Crippen LogP contribution is 2.29. The van der Waals surface area contributed by atoms with E-state index in [1.807, 2.05) is 24.3 Å². The third-order valence-corrected chi connectivity index (χ3v) is 6.06. The average Bonchev–Trinajstić information content (AvgIpc) is 2.98. The Morgan fingerprint density at radius 1 is 0.725 bits per heavy atom. The van der Waals surface area contributed by atoms with Crippen LogP contribution in [0.15, 0.2) is 66.7 Å². The van der Waals surface area contributed by atoms with E-state index in [9.17, 15) is 14.4 Å². The zero-order valence-electron chi connectivity index (χ0n) is 23.4. The van der Waals surface area contributed by atoms with Gasteiger partial charge in [0.15, 0.2) is 5.92 Å². The van der Waals surface area contributed by atoms with E-state index in [1.54, 1.807) is 76.9 Å². The van der Waals surface area contributed by atoms with E-state index in [1.165, 1.54) is 19.1 Å². The molecule has 0 aliphatic heterocycles. The van der Waals surface area contributed by atoms with E-state index in [-0.39, 0.29) is 12.3 Å². The van der Waals surface area contributed by atoms with Crippen LogP contribution in [0, 0.1) is 5.92 Å². The van der Waals surface area contributed by atoms with Gasteiger partial charge in [0.1, 0.15) is 23.0 Å². The zero-order chi connectivity index (χ0) is 29.2. The number of nitrogens with zero attached hydrogens (tertiary/aromatic N) is 1. The first kappa shape index (κ1) is 29.8. The van der Waals surface area contributed by atoms with Gasteiger partial charge in [-0.3, -0.25) is 14.4 Å². The highest BCUT2D eigenvalue weighted by atomic mass is 16.5. The van der Waals surface area contributed by atoms with Crippen molar-refractivity contribution in [2.75, 3.05) is 42.5 Å². The molecule has 0 fully saturated rings. The van der Waals surface area contributed by atoms with Crippen LogP contribution in [0.5, 0.6) is 23.0 Å². The molecular formula is C31H33NO8. The van der Waals surface area contributed by atoms with Crippen molar-refractivity contribution in [1.82, 2.24) is 4.90 Å². The van der Waals surface area contributed by atoms with Crippen molar-refractivity contribution in [3.05, 3.63) is 83.4 Å². The van der Waals surface area contributed by atoms with Crippen LogP contribution >= 0.6 is 0 Å². The SMILES string of the molecule is COC(=O)C(Cc1ccc(Oc2ccc(/C(=C\c3cc(OC)cc(OC)c3)C(=O)N(C)C)cc2)cc1)C(=O)OC. The summed E-state index contributed by atoms with van der Waals surface area (Å²) in [6.07, 6.45) is 1.93. The number of amides is 1. The molecule has 0 heterocycles. The standard InChI is InChI=1S/C31H33NO8/c1-32(2)29(33)27(18-21-15-25(36-3)19-26(16-21)37-4)22-9-13-24(14-10-22)40-23-11-7-20(8-12-23)17-28(30(34)38-5)31(35)39-6/h7-16,18-19,28H,17H2,1-6H3/b27-18+. The number of rotatable bonds is 11. The van der Waals surface area contributed by atoms with Crippen molar-refractivity contribution >= 4 is 29.5 Å². The van der Waals surface area contributed by atoms with Crippen LogP contribution in [0.25, 0.3) is 11.6 Å². The molecule has 3 aromatic carbocycles. The Labute approximate surface area is 233 Å². The van der Waals surface area contributed by atoms with Gasteiger partial charge in [0.2, 0.25) is 0 Å². The minimum atomic E-state index is -1.04. The quantitative estimate of drug-likeness (QED) is 0.148. The number of hydrogen-bond acceptors (Lipinski definition) is 8. The van der Waals surface area contributed by atoms with E-state index in [0.717, 1.165) is 11.1 Å². The summed E-state index contributed by atoms with van der Waals surface area (Å²) in [6.45, 7) is 0. The molecule has 0 spiro atoms. The molecule has 9 heteroatoms. The molecular weight excluding hydrogens is 514 g/mol. The third kappa shape index (κ3) is 7.63. The number of likely N-dealkylation sites (N-methyl/N-ethyl adjacent to an activating group) is 1. The van der Waals surface area contributed by atoms with Crippen molar-refractivity contribution in [1.29, 1.82) is 0 Å². The minimum Gasteiger partial charge on any atom is -0.497 e. The van der Waals surface area contributed by atoms with Crippen LogP contribution in [-0.4, -0.2) is 65.3 Å². The third-order valence-electron chi connectivity index (χ3n) is 6.06. The maximum Gasteiger partial charge on any atom is 0.320 e. The van der Waals surface area contributed by atoms with Crippen molar-refractivity contribution < 1.29 is 38.1 Å². The monoisotopic (exact) mass is 547 g/mol. The molecule has 0 bridgehead atoms. The summed E-state index contributed by atoms with van der Waals surface area (Å²) >= 11 is 0. The fourth-order valence-corrected chi connectivity index (χ4v) is 3.90. The maximum absolute atomic E-state index is 13.1. The Bertz CT molecular complexity index is 1320. The Morgan fingerprint density at radius 2 is 1.23 bits per heavy atom. The molecule has 3 aromatic rings. The summed E-state index contributed by atoms with van der Waals surface area (Å²) in [6, 6.07) is 19.6. The Kier molecular flexibility index (Phi) is 10.3. The summed E-state index contributed by atoms with van der Waals surface area (Å²) in [5, 5.41) is 0. The number of ether oxygens (including phenoxy) is 5. The van der Waals surface area contributed by atoms with Crippen molar-refractivity contribution in [3.63, 3.8) is 0 Å². The van der Waals surface area contributed by atoms with Gasteiger partial charge in [0.05, 0.1) is 28.4 Å². The first-order chi connectivity index (χ1) is 19.2. The molecule has 0 unspecified atom stereocenters. The molecule has 0 N–H and O–H groups in total. The highest BCUT2D eigenvalue weighted by molar-refractivity contribution is 6.24. The lowest BCUT2D eigenvalue weighted by atomic mass is 9.99. The smallest absolute Gasteiger partial charge is 0.320 e. The van der Waals surface area contributed by atoms with Gasteiger partial charge in [-0.2, -0.15) is 0 Å². The van der Waals surface area contributed by atoms with Gasteiger partial charge in [-0.25, -0.2) is 0 Å². The molecule has 3 rings (SSSR count). The molecule has 0 atom stereocenters. The largest absolute Gasteiger partial charge is 0.497 e. The molecule has 0 aliphatic rings. The van der Waals surface area contributed by atoms with E-state index in [2.05, 4.69) is 0 Å². The molecule has 0 saturated heterocycles. The first-order valence-corrected chi connectivity index (χ1v) is 12.4. The summed E-state index contributed by atoms with van der Waals surface area (Å²) in [4.78, 5) is 38.5. The molecule has 210 valence electrons. The molecule has 0 saturated carbocycles. The first-order valence-electron chi connectivity index (χ1n) is 12.4. The summed E-state index contributed by atoms with van der Waals surface area (Å²) in [5.74, 6) is -0.155. The normalized spacial score (nSPS) is 11.0. The van der Waals surface area contributed by atoms with Crippen molar-refractivity contribution in [2.24, 2.45) is 5.92 Å². The van der Waals surface area contributed by atoms with Crippen LogP contribution in [-0.2, 0) is 30.3 Å². The Balaban J connectivity index is 1.81. The topological polar surface area (TPSA) is 101 Å². The number of methoxy groups -OCH3 is 4. The lowest BCUT2D eigenvalue weighted by molar-refractivity contribution is -0.158. The number of carbonyl (C=O) groups excluding carboxylic acids is 3. The number of carbonyl (C=O) groups is 3. The number of benzene rings is 3. The number of hydrogen-bond donors (Lipinski definition) is 0. The average molecular weight is 548 g/mol. The molecule has 0 aromatic heterocycles. The molecule has 1 amide bonds. The maximum atomic E-state index is 13.1. The Hall–Kier alpha value is -4.79. The predicted molar refractivity (Wildman–Crippen MR) is 150 cm³/mol. The van der Waals surface area contributed by atoms with E-state index in [4.69, 9.17) is 23.7 Å². The molecule has 40 heavy (non-hydrogen) atoms.